The van der Waals surface area contributed by atoms with Crippen molar-refractivity contribution in [3.63, 3.8) is 0 Å². The van der Waals surface area contributed by atoms with Crippen molar-refractivity contribution in [1.29, 1.82) is 0 Å². The maximum Gasteiger partial charge on any atom is 0.306 e. The van der Waals surface area contributed by atoms with Crippen LogP contribution in [0.15, 0.2) is 42.6 Å². The average Bonchev–Trinajstić information content (AvgIpc) is 2.94. The molecule has 0 atom stereocenters. The van der Waals surface area contributed by atoms with Crippen molar-refractivity contribution in [2.75, 3.05) is 20.7 Å². The molecule has 0 saturated heterocycles. The smallest absolute Gasteiger partial charge is 0.306 e. The topological polar surface area (TPSA) is 47.4 Å². The Labute approximate surface area is 118 Å². The van der Waals surface area contributed by atoms with E-state index in [-0.39, 0.29) is 5.97 Å². The first kappa shape index (κ1) is 14.3. The van der Waals surface area contributed by atoms with Gasteiger partial charge in [0.2, 0.25) is 0 Å². The molecular formula is C15H19N3O2. The second-order valence-corrected chi connectivity index (χ2v) is 4.65. The molecule has 106 valence electrons. The van der Waals surface area contributed by atoms with Gasteiger partial charge in [0.15, 0.2) is 0 Å². The van der Waals surface area contributed by atoms with Crippen LogP contribution in [0.2, 0.25) is 0 Å². The Balaban J connectivity index is 1.91. The normalized spacial score (nSPS) is 10.8. The van der Waals surface area contributed by atoms with E-state index in [4.69, 9.17) is 0 Å². The van der Waals surface area contributed by atoms with Gasteiger partial charge in [-0.1, -0.05) is 18.2 Å². The van der Waals surface area contributed by atoms with Crippen LogP contribution in [0.4, 0.5) is 0 Å². The van der Waals surface area contributed by atoms with Crippen LogP contribution in [0.25, 0.3) is 5.69 Å². The molecule has 1 aromatic heterocycles. The molecule has 2 aromatic rings. The van der Waals surface area contributed by atoms with Crippen molar-refractivity contribution in [1.82, 2.24) is 14.7 Å². The van der Waals surface area contributed by atoms with Crippen molar-refractivity contribution in [2.45, 2.75) is 13.0 Å². The molecule has 0 bridgehead atoms. The number of benzene rings is 1. The Morgan fingerprint density at radius 2 is 2.05 bits per heavy atom. The lowest BCUT2D eigenvalue weighted by Crippen LogP contribution is -2.22. The molecule has 1 heterocycles. The molecule has 0 amide bonds. The lowest BCUT2D eigenvalue weighted by molar-refractivity contribution is -0.140. The van der Waals surface area contributed by atoms with Gasteiger partial charge in [-0.25, -0.2) is 4.68 Å². The number of carbonyl (C=O) groups excluding carboxylic acids is 1. The summed E-state index contributed by atoms with van der Waals surface area (Å²) in [7, 11) is 3.37. The standard InChI is InChI=1S/C15H19N3O2/c1-17(10-9-15(19)20-2)12-13-8-11-18(16-13)14-6-4-3-5-7-14/h3-8,11H,9-10,12H2,1-2H3. The molecule has 0 radical (unpaired) electrons. The summed E-state index contributed by atoms with van der Waals surface area (Å²) < 4.78 is 6.48. The number of hydrogen-bond acceptors (Lipinski definition) is 4. The van der Waals surface area contributed by atoms with Gasteiger partial charge >= 0.3 is 5.97 Å². The van der Waals surface area contributed by atoms with Gasteiger partial charge in [-0.05, 0) is 25.2 Å². The van der Waals surface area contributed by atoms with Crippen molar-refractivity contribution < 1.29 is 9.53 Å². The molecule has 5 nitrogen and oxygen atoms in total. The lowest BCUT2D eigenvalue weighted by atomic mass is 10.3. The Hall–Kier alpha value is -2.14. The monoisotopic (exact) mass is 273 g/mol. The molecule has 0 fully saturated rings. The van der Waals surface area contributed by atoms with Gasteiger partial charge in [0.1, 0.15) is 0 Å². The van der Waals surface area contributed by atoms with Crippen LogP contribution < -0.4 is 0 Å². The number of ether oxygens (including phenoxy) is 1. The highest BCUT2D eigenvalue weighted by Gasteiger charge is 2.07. The van der Waals surface area contributed by atoms with Crippen LogP contribution in [-0.4, -0.2) is 41.4 Å². The second-order valence-electron chi connectivity index (χ2n) is 4.65. The predicted molar refractivity (Wildman–Crippen MR) is 76.5 cm³/mol. The van der Waals surface area contributed by atoms with Crippen molar-refractivity contribution in [2.24, 2.45) is 0 Å². The minimum absolute atomic E-state index is 0.188. The predicted octanol–water partition coefficient (Wildman–Crippen LogP) is 1.87. The van der Waals surface area contributed by atoms with E-state index in [1.165, 1.54) is 7.11 Å². The zero-order chi connectivity index (χ0) is 14.4. The summed E-state index contributed by atoms with van der Waals surface area (Å²) in [6.45, 7) is 1.36. The van der Waals surface area contributed by atoms with E-state index in [9.17, 15) is 4.79 Å². The van der Waals surface area contributed by atoms with Gasteiger partial charge in [0.05, 0.1) is 24.9 Å². The molecule has 0 saturated carbocycles. The number of para-hydroxylation sites is 1. The highest BCUT2D eigenvalue weighted by molar-refractivity contribution is 5.69. The molecule has 0 unspecified atom stereocenters. The summed E-state index contributed by atoms with van der Waals surface area (Å²) in [5, 5.41) is 4.53. The number of carbonyl (C=O) groups is 1. The van der Waals surface area contributed by atoms with Gasteiger partial charge in [0.25, 0.3) is 0 Å². The van der Waals surface area contributed by atoms with E-state index in [2.05, 4.69) is 14.7 Å². The summed E-state index contributed by atoms with van der Waals surface area (Å²) in [5.41, 5.74) is 2.01. The Morgan fingerprint density at radius 3 is 2.75 bits per heavy atom. The van der Waals surface area contributed by atoms with Crippen LogP contribution in [0.1, 0.15) is 12.1 Å². The first-order chi connectivity index (χ1) is 9.69. The molecule has 0 aliphatic rings. The van der Waals surface area contributed by atoms with Gasteiger partial charge in [-0.2, -0.15) is 5.10 Å². The third kappa shape index (κ3) is 3.93. The van der Waals surface area contributed by atoms with Gasteiger partial charge in [0, 0.05) is 19.3 Å². The van der Waals surface area contributed by atoms with E-state index in [1.807, 2.05) is 54.3 Å². The zero-order valence-electron chi connectivity index (χ0n) is 11.8. The summed E-state index contributed by atoms with van der Waals surface area (Å²) in [4.78, 5) is 13.1. The van der Waals surface area contributed by atoms with E-state index in [0.29, 0.717) is 19.5 Å². The summed E-state index contributed by atoms with van der Waals surface area (Å²) in [5.74, 6) is -0.188. The molecule has 1 aromatic carbocycles. The zero-order valence-corrected chi connectivity index (χ0v) is 11.8. The fourth-order valence-electron chi connectivity index (χ4n) is 1.91. The van der Waals surface area contributed by atoms with E-state index < -0.39 is 0 Å². The maximum atomic E-state index is 11.1. The molecule has 0 aliphatic carbocycles. The quantitative estimate of drug-likeness (QED) is 0.754. The Morgan fingerprint density at radius 1 is 1.30 bits per heavy atom. The third-order valence-corrected chi connectivity index (χ3v) is 3.02. The number of methoxy groups -OCH3 is 1. The summed E-state index contributed by atoms with van der Waals surface area (Å²) >= 11 is 0. The minimum atomic E-state index is -0.188. The van der Waals surface area contributed by atoms with Crippen molar-refractivity contribution in [3.05, 3.63) is 48.3 Å². The Bertz CT molecular complexity index is 551. The highest BCUT2D eigenvalue weighted by atomic mass is 16.5. The Kier molecular flexibility index (Phi) is 4.90. The second kappa shape index (κ2) is 6.86. The van der Waals surface area contributed by atoms with Crippen LogP contribution in [0.5, 0.6) is 0 Å². The highest BCUT2D eigenvalue weighted by Crippen LogP contribution is 2.08. The van der Waals surface area contributed by atoms with Crippen molar-refractivity contribution in [3.8, 4) is 5.69 Å². The van der Waals surface area contributed by atoms with Gasteiger partial charge in [-0.15, -0.1) is 0 Å². The summed E-state index contributed by atoms with van der Waals surface area (Å²) in [6.07, 6.45) is 2.34. The SMILES string of the molecule is COC(=O)CCN(C)Cc1ccn(-c2ccccc2)n1. The largest absolute Gasteiger partial charge is 0.469 e. The van der Waals surface area contributed by atoms with Crippen LogP contribution in [0.3, 0.4) is 0 Å². The van der Waals surface area contributed by atoms with Gasteiger partial charge < -0.3 is 4.74 Å². The minimum Gasteiger partial charge on any atom is -0.469 e. The number of aromatic nitrogens is 2. The lowest BCUT2D eigenvalue weighted by Gasteiger charge is -2.13. The molecule has 2 rings (SSSR count). The molecule has 5 heteroatoms. The molecule has 20 heavy (non-hydrogen) atoms. The third-order valence-electron chi connectivity index (χ3n) is 3.02. The van der Waals surface area contributed by atoms with E-state index in [1.54, 1.807) is 0 Å². The number of hydrogen-bond donors (Lipinski definition) is 0. The van der Waals surface area contributed by atoms with E-state index >= 15 is 0 Å². The fraction of sp³-hybridized carbons (Fsp3) is 0.333. The van der Waals surface area contributed by atoms with Crippen LogP contribution in [-0.2, 0) is 16.1 Å². The number of nitrogens with zero attached hydrogens (tertiary/aromatic N) is 3. The maximum absolute atomic E-state index is 11.1. The summed E-state index contributed by atoms with van der Waals surface area (Å²) in [6, 6.07) is 12.0. The number of esters is 1. The first-order valence-corrected chi connectivity index (χ1v) is 6.54. The number of rotatable bonds is 6. The van der Waals surface area contributed by atoms with Gasteiger partial charge in [-0.3, -0.25) is 9.69 Å². The van der Waals surface area contributed by atoms with Crippen LogP contribution in [0, 0.1) is 0 Å². The van der Waals surface area contributed by atoms with Crippen molar-refractivity contribution >= 4 is 5.97 Å². The molecule has 0 N–H and O–H groups in total. The molecule has 0 aliphatic heterocycles. The van der Waals surface area contributed by atoms with Crippen LogP contribution >= 0.6 is 0 Å². The van der Waals surface area contributed by atoms with E-state index in [0.717, 1.165) is 11.4 Å². The molecular weight excluding hydrogens is 254 g/mol. The average molecular weight is 273 g/mol. The first-order valence-electron chi connectivity index (χ1n) is 6.54. The molecule has 0 spiro atoms. The fourth-order valence-corrected chi connectivity index (χ4v) is 1.91.